The van der Waals surface area contributed by atoms with E-state index in [1.165, 1.54) is 16.8 Å². The van der Waals surface area contributed by atoms with E-state index in [2.05, 4.69) is 15.6 Å². The van der Waals surface area contributed by atoms with Crippen molar-refractivity contribution in [3.05, 3.63) is 35.8 Å². The molecule has 1 atom stereocenters. The summed E-state index contributed by atoms with van der Waals surface area (Å²) in [4.78, 5) is 11.9. The van der Waals surface area contributed by atoms with Crippen molar-refractivity contribution in [2.75, 3.05) is 25.1 Å². The standard InChI is InChI=1S/C16H19FN4O3/c1-11-16(18-15(22)10-23-9-14-3-2-8-24-14)19-20-21(11)13-6-4-12(17)5-7-13/h4-7,14H,2-3,8-10H2,1H3,(H,18,22). The number of carbonyl (C=O) groups is 1. The number of halogens is 1. The second-order valence-electron chi connectivity index (χ2n) is 5.61. The van der Waals surface area contributed by atoms with Gasteiger partial charge in [-0.1, -0.05) is 5.21 Å². The summed E-state index contributed by atoms with van der Waals surface area (Å²) in [5.41, 5.74) is 1.31. The van der Waals surface area contributed by atoms with Crippen molar-refractivity contribution in [1.29, 1.82) is 0 Å². The molecule has 1 unspecified atom stereocenters. The van der Waals surface area contributed by atoms with E-state index in [9.17, 15) is 9.18 Å². The first-order valence-electron chi connectivity index (χ1n) is 7.81. The summed E-state index contributed by atoms with van der Waals surface area (Å²) >= 11 is 0. The van der Waals surface area contributed by atoms with Crippen LogP contribution in [0.2, 0.25) is 0 Å². The Balaban J connectivity index is 1.55. The second kappa shape index (κ2) is 7.50. The number of hydrogen-bond donors (Lipinski definition) is 1. The summed E-state index contributed by atoms with van der Waals surface area (Å²) in [5, 5.41) is 10.6. The molecule has 1 N–H and O–H groups in total. The summed E-state index contributed by atoms with van der Waals surface area (Å²) in [7, 11) is 0. The van der Waals surface area contributed by atoms with Gasteiger partial charge in [0.1, 0.15) is 12.4 Å². The molecule has 24 heavy (non-hydrogen) atoms. The fraction of sp³-hybridized carbons (Fsp3) is 0.438. The lowest BCUT2D eigenvalue weighted by Crippen LogP contribution is -2.23. The lowest BCUT2D eigenvalue weighted by Gasteiger charge is -2.09. The van der Waals surface area contributed by atoms with E-state index in [1.54, 1.807) is 19.1 Å². The van der Waals surface area contributed by atoms with E-state index in [0.29, 0.717) is 23.8 Å². The predicted octanol–water partition coefficient (Wildman–Crippen LogP) is 1.85. The van der Waals surface area contributed by atoms with Crippen LogP contribution in [0.1, 0.15) is 18.5 Å². The largest absolute Gasteiger partial charge is 0.376 e. The van der Waals surface area contributed by atoms with Gasteiger partial charge < -0.3 is 14.8 Å². The third-order valence-corrected chi connectivity index (χ3v) is 3.78. The van der Waals surface area contributed by atoms with Crippen LogP contribution < -0.4 is 5.32 Å². The van der Waals surface area contributed by atoms with E-state index in [1.807, 2.05) is 0 Å². The fourth-order valence-electron chi connectivity index (χ4n) is 2.50. The lowest BCUT2D eigenvalue weighted by atomic mass is 10.2. The van der Waals surface area contributed by atoms with Crippen molar-refractivity contribution in [2.45, 2.75) is 25.9 Å². The zero-order chi connectivity index (χ0) is 16.9. The number of amides is 1. The highest BCUT2D eigenvalue weighted by atomic mass is 19.1. The molecule has 0 radical (unpaired) electrons. The summed E-state index contributed by atoms with van der Waals surface area (Å²) in [6.45, 7) is 2.87. The van der Waals surface area contributed by atoms with Crippen molar-refractivity contribution in [3.8, 4) is 5.69 Å². The van der Waals surface area contributed by atoms with Gasteiger partial charge in [-0.3, -0.25) is 4.79 Å². The van der Waals surface area contributed by atoms with Crippen molar-refractivity contribution in [2.24, 2.45) is 0 Å². The molecular formula is C16H19FN4O3. The summed E-state index contributed by atoms with van der Waals surface area (Å²) in [6.07, 6.45) is 2.08. The van der Waals surface area contributed by atoms with Crippen LogP contribution in [0.25, 0.3) is 5.69 Å². The number of anilines is 1. The van der Waals surface area contributed by atoms with E-state index in [4.69, 9.17) is 9.47 Å². The minimum atomic E-state index is -0.326. The average molecular weight is 334 g/mol. The SMILES string of the molecule is Cc1c(NC(=O)COCC2CCCO2)nnn1-c1ccc(F)cc1. The highest BCUT2D eigenvalue weighted by Gasteiger charge is 2.17. The molecule has 8 heteroatoms. The number of hydrogen-bond acceptors (Lipinski definition) is 5. The first-order chi connectivity index (χ1) is 11.6. The molecule has 1 saturated heterocycles. The Bertz CT molecular complexity index is 696. The topological polar surface area (TPSA) is 78.3 Å². The molecule has 0 bridgehead atoms. The fourth-order valence-corrected chi connectivity index (χ4v) is 2.50. The van der Waals surface area contributed by atoms with Gasteiger partial charge in [0, 0.05) is 6.61 Å². The predicted molar refractivity (Wildman–Crippen MR) is 84.5 cm³/mol. The molecule has 128 valence electrons. The van der Waals surface area contributed by atoms with Crippen LogP contribution in [-0.2, 0) is 14.3 Å². The zero-order valence-corrected chi connectivity index (χ0v) is 13.4. The monoisotopic (exact) mass is 334 g/mol. The first kappa shape index (κ1) is 16.5. The molecule has 0 saturated carbocycles. The molecule has 7 nitrogen and oxygen atoms in total. The highest BCUT2D eigenvalue weighted by molar-refractivity contribution is 5.91. The molecule has 0 aliphatic carbocycles. The normalized spacial score (nSPS) is 17.2. The first-order valence-corrected chi connectivity index (χ1v) is 7.81. The van der Waals surface area contributed by atoms with Crippen LogP contribution in [0, 0.1) is 12.7 Å². The molecule has 1 amide bonds. The molecule has 1 aliphatic heterocycles. The van der Waals surface area contributed by atoms with Crippen molar-refractivity contribution in [3.63, 3.8) is 0 Å². The molecule has 1 aliphatic rings. The number of nitrogens with zero attached hydrogens (tertiary/aromatic N) is 3. The Labute approximate surface area is 138 Å². The maximum Gasteiger partial charge on any atom is 0.251 e. The van der Waals surface area contributed by atoms with Gasteiger partial charge in [0.2, 0.25) is 0 Å². The van der Waals surface area contributed by atoms with Crippen LogP contribution in [0.15, 0.2) is 24.3 Å². The third kappa shape index (κ3) is 3.95. The quantitative estimate of drug-likeness (QED) is 0.872. The minimum absolute atomic E-state index is 0.0668. The molecule has 3 rings (SSSR count). The summed E-state index contributed by atoms with van der Waals surface area (Å²) in [5.74, 6) is -0.277. The molecule has 2 heterocycles. The third-order valence-electron chi connectivity index (χ3n) is 3.78. The van der Waals surface area contributed by atoms with Crippen molar-refractivity contribution in [1.82, 2.24) is 15.0 Å². The Kier molecular flexibility index (Phi) is 5.17. The van der Waals surface area contributed by atoms with Gasteiger partial charge >= 0.3 is 0 Å². The molecule has 1 aromatic heterocycles. The molecule has 2 aromatic rings. The lowest BCUT2D eigenvalue weighted by molar-refractivity contribution is -0.121. The van der Waals surface area contributed by atoms with E-state index < -0.39 is 0 Å². The van der Waals surface area contributed by atoms with Crippen LogP contribution >= 0.6 is 0 Å². The minimum Gasteiger partial charge on any atom is -0.376 e. The molecular weight excluding hydrogens is 315 g/mol. The van der Waals surface area contributed by atoms with Gasteiger partial charge in [-0.25, -0.2) is 9.07 Å². The smallest absolute Gasteiger partial charge is 0.251 e. The van der Waals surface area contributed by atoms with Crippen molar-refractivity contribution >= 4 is 11.7 Å². The molecule has 0 spiro atoms. The van der Waals surface area contributed by atoms with Crippen LogP contribution in [-0.4, -0.2) is 46.8 Å². The number of rotatable bonds is 6. The average Bonchev–Trinajstić information content (AvgIpc) is 3.20. The van der Waals surface area contributed by atoms with Gasteiger partial charge in [0.15, 0.2) is 5.82 Å². The Morgan fingerprint density at radius 2 is 2.25 bits per heavy atom. The number of ether oxygens (including phenoxy) is 2. The second-order valence-corrected chi connectivity index (χ2v) is 5.61. The van der Waals surface area contributed by atoms with Crippen LogP contribution in [0.5, 0.6) is 0 Å². The zero-order valence-electron chi connectivity index (χ0n) is 13.4. The van der Waals surface area contributed by atoms with E-state index in [-0.39, 0.29) is 24.4 Å². The summed E-state index contributed by atoms with van der Waals surface area (Å²) in [6, 6.07) is 5.86. The number of nitrogens with one attached hydrogen (secondary N) is 1. The van der Waals surface area contributed by atoms with Crippen LogP contribution in [0.4, 0.5) is 10.2 Å². The Hall–Kier alpha value is -2.32. The van der Waals surface area contributed by atoms with Crippen LogP contribution in [0.3, 0.4) is 0 Å². The van der Waals surface area contributed by atoms with E-state index >= 15 is 0 Å². The Morgan fingerprint density at radius 1 is 1.46 bits per heavy atom. The van der Waals surface area contributed by atoms with Gasteiger partial charge in [0.05, 0.1) is 24.1 Å². The number of carbonyl (C=O) groups excluding carboxylic acids is 1. The molecule has 1 aromatic carbocycles. The summed E-state index contributed by atoms with van der Waals surface area (Å²) < 4.78 is 25.3. The maximum absolute atomic E-state index is 13.0. The van der Waals surface area contributed by atoms with Gasteiger partial charge in [0.25, 0.3) is 5.91 Å². The van der Waals surface area contributed by atoms with Crippen molar-refractivity contribution < 1.29 is 18.7 Å². The highest BCUT2D eigenvalue weighted by Crippen LogP contribution is 2.16. The Morgan fingerprint density at radius 3 is 2.96 bits per heavy atom. The van der Waals surface area contributed by atoms with Gasteiger partial charge in [-0.15, -0.1) is 5.10 Å². The van der Waals surface area contributed by atoms with Gasteiger partial charge in [-0.05, 0) is 44.0 Å². The van der Waals surface area contributed by atoms with E-state index in [0.717, 1.165) is 19.4 Å². The maximum atomic E-state index is 13.0. The van der Waals surface area contributed by atoms with Gasteiger partial charge in [-0.2, -0.15) is 0 Å². The number of aromatic nitrogens is 3. The number of benzene rings is 1. The molecule has 1 fully saturated rings.